The summed E-state index contributed by atoms with van der Waals surface area (Å²) in [5, 5.41) is 3.08. The van der Waals surface area contributed by atoms with Gasteiger partial charge in [-0.1, -0.05) is 6.92 Å². The second-order valence-corrected chi connectivity index (χ2v) is 8.26. The molecule has 1 N–H and O–H groups in total. The maximum Gasteiger partial charge on any atom is 0.239 e. The van der Waals surface area contributed by atoms with Crippen molar-refractivity contribution in [3.8, 4) is 0 Å². The minimum atomic E-state index is -2.86. The van der Waals surface area contributed by atoms with E-state index in [0.29, 0.717) is 18.9 Å². The van der Waals surface area contributed by atoms with Gasteiger partial charge in [0.2, 0.25) is 5.91 Å². The smallest absolute Gasteiger partial charge is 0.239 e. The molecule has 3 atom stereocenters. The highest BCUT2D eigenvalue weighted by atomic mass is 32.2. The van der Waals surface area contributed by atoms with E-state index in [9.17, 15) is 13.2 Å². The molecule has 0 aliphatic carbocycles. The van der Waals surface area contributed by atoms with Crippen molar-refractivity contribution in [2.24, 2.45) is 11.8 Å². The van der Waals surface area contributed by atoms with E-state index in [2.05, 4.69) is 12.2 Å². The number of sulfone groups is 1. The van der Waals surface area contributed by atoms with Crippen LogP contribution in [0.3, 0.4) is 0 Å². The maximum absolute atomic E-state index is 12.4. The Labute approximate surface area is 115 Å². The molecule has 5 nitrogen and oxygen atoms in total. The van der Waals surface area contributed by atoms with Crippen LogP contribution >= 0.6 is 0 Å². The van der Waals surface area contributed by atoms with E-state index < -0.39 is 9.84 Å². The van der Waals surface area contributed by atoms with E-state index in [4.69, 9.17) is 0 Å². The summed E-state index contributed by atoms with van der Waals surface area (Å²) in [7, 11) is -1.04. The molecule has 0 bridgehead atoms. The maximum atomic E-state index is 12.4. The van der Waals surface area contributed by atoms with Gasteiger partial charge in [-0.05, 0) is 38.1 Å². The minimum Gasteiger partial charge on any atom is -0.341 e. The Kier molecular flexibility index (Phi) is 4.50. The normalized spacial score (nSPS) is 35.4. The third-order valence-electron chi connectivity index (χ3n) is 4.24. The van der Waals surface area contributed by atoms with Gasteiger partial charge in [0.05, 0.1) is 17.5 Å². The van der Waals surface area contributed by atoms with Crippen LogP contribution in [-0.2, 0) is 14.6 Å². The van der Waals surface area contributed by atoms with Crippen molar-refractivity contribution in [2.75, 3.05) is 31.6 Å². The Balaban J connectivity index is 2.02. The SMILES string of the molecule is CNC1CCC(C)CN(CC2CCS(=O)(=O)C2)C1=O. The van der Waals surface area contributed by atoms with Crippen LogP contribution in [0.5, 0.6) is 0 Å². The number of hydrogen-bond donors (Lipinski definition) is 1. The van der Waals surface area contributed by atoms with Gasteiger partial charge in [0.25, 0.3) is 0 Å². The Hall–Kier alpha value is -0.620. The zero-order valence-electron chi connectivity index (χ0n) is 11.8. The highest BCUT2D eigenvalue weighted by Gasteiger charge is 2.34. The fourth-order valence-corrected chi connectivity index (χ4v) is 4.96. The van der Waals surface area contributed by atoms with Crippen LogP contribution in [-0.4, -0.2) is 56.9 Å². The van der Waals surface area contributed by atoms with Crippen LogP contribution in [0, 0.1) is 11.8 Å². The lowest BCUT2D eigenvalue weighted by atomic mass is 10.0. The van der Waals surface area contributed by atoms with Crippen LogP contribution in [0.15, 0.2) is 0 Å². The summed E-state index contributed by atoms with van der Waals surface area (Å²) in [4.78, 5) is 14.3. The predicted octanol–water partition coefficient (Wildman–Crippen LogP) is 0.268. The number of amides is 1. The van der Waals surface area contributed by atoms with Gasteiger partial charge in [-0.2, -0.15) is 0 Å². The highest BCUT2D eigenvalue weighted by Crippen LogP contribution is 2.23. The Bertz CT molecular complexity index is 435. The lowest BCUT2D eigenvalue weighted by Crippen LogP contribution is -2.46. The van der Waals surface area contributed by atoms with E-state index in [1.165, 1.54) is 0 Å². The fraction of sp³-hybridized carbons (Fsp3) is 0.923. The Morgan fingerprint density at radius 3 is 2.63 bits per heavy atom. The fourth-order valence-electron chi connectivity index (χ4n) is 3.11. The molecule has 0 aromatic heterocycles. The molecule has 0 aromatic rings. The van der Waals surface area contributed by atoms with E-state index in [-0.39, 0.29) is 29.4 Å². The first-order valence-electron chi connectivity index (χ1n) is 7.08. The monoisotopic (exact) mass is 288 g/mol. The number of rotatable bonds is 3. The topological polar surface area (TPSA) is 66.5 Å². The molecule has 0 saturated carbocycles. The number of carbonyl (C=O) groups is 1. The molecular formula is C13H24N2O3S. The van der Waals surface area contributed by atoms with Gasteiger partial charge in [0.1, 0.15) is 0 Å². The van der Waals surface area contributed by atoms with E-state index in [1.807, 2.05) is 11.9 Å². The molecule has 2 saturated heterocycles. The van der Waals surface area contributed by atoms with Gasteiger partial charge in [-0.3, -0.25) is 4.79 Å². The Morgan fingerprint density at radius 1 is 1.32 bits per heavy atom. The van der Waals surface area contributed by atoms with E-state index >= 15 is 0 Å². The molecule has 2 heterocycles. The molecule has 19 heavy (non-hydrogen) atoms. The lowest BCUT2D eigenvalue weighted by Gasteiger charge is -2.27. The summed E-state index contributed by atoms with van der Waals surface area (Å²) in [6.45, 7) is 3.51. The highest BCUT2D eigenvalue weighted by molar-refractivity contribution is 7.91. The van der Waals surface area contributed by atoms with Crippen molar-refractivity contribution in [3.63, 3.8) is 0 Å². The van der Waals surface area contributed by atoms with E-state index in [0.717, 1.165) is 19.4 Å². The van der Waals surface area contributed by atoms with Crippen LogP contribution < -0.4 is 5.32 Å². The Morgan fingerprint density at radius 2 is 2.05 bits per heavy atom. The van der Waals surface area contributed by atoms with Gasteiger partial charge < -0.3 is 10.2 Å². The van der Waals surface area contributed by atoms with E-state index in [1.54, 1.807) is 0 Å². The molecule has 0 spiro atoms. The number of likely N-dealkylation sites (tertiary alicyclic amines) is 1. The summed E-state index contributed by atoms with van der Waals surface area (Å²) in [5.74, 6) is 1.27. The van der Waals surface area contributed by atoms with Gasteiger partial charge in [0, 0.05) is 13.1 Å². The van der Waals surface area contributed by atoms with Crippen molar-refractivity contribution in [1.82, 2.24) is 10.2 Å². The summed E-state index contributed by atoms with van der Waals surface area (Å²) >= 11 is 0. The molecule has 2 fully saturated rings. The molecular weight excluding hydrogens is 264 g/mol. The standard InChI is InChI=1S/C13H24N2O3S/c1-10-3-4-12(14-2)13(16)15(7-10)8-11-5-6-19(17,18)9-11/h10-12,14H,3-9H2,1-2H3. The number of likely N-dealkylation sites (N-methyl/N-ethyl adjacent to an activating group) is 1. The molecule has 2 aliphatic heterocycles. The zero-order valence-corrected chi connectivity index (χ0v) is 12.6. The first-order chi connectivity index (χ1) is 8.91. The van der Waals surface area contributed by atoms with Crippen LogP contribution in [0.1, 0.15) is 26.2 Å². The zero-order chi connectivity index (χ0) is 14.0. The molecule has 1 amide bonds. The average molecular weight is 288 g/mol. The largest absolute Gasteiger partial charge is 0.341 e. The minimum absolute atomic E-state index is 0.108. The van der Waals surface area contributed by atoms with Gasteiger partial charge in [0.15, 0.2) is 9.84 Å². The summed E-state index contributed by atoms with van der Waals surface area (Å²) in [6.07, 6.45) is 2.61. The lowest BCUT2D eigenvalue weighted by molar-refractivity contribution is -0.133. The second-order valence-electron chi connectivity index (χ2n) is 6.04. The number of carbonyl (C=O) groups excluding carboxylic acids is 1. The van der Waals surface area contributed by atoms with Crippen LogP contribution in [0.4, 0.5) is 0 Å². The average Bonchev–Trinajstić information content (AvgIpc) is 2.61. The summed E-state index contributed by atoms with van der Waals surface area (Å²) in [5.41, 5.74) is 0. The molecule has 6 heteroatoms. The predicted molar refractivity (Wildman–Crippen MR) is 74.6 cm³/mol. The third-order valence-corrected chi connectivity index (χ3v) is 6.08. The van der Waals surface area contributed by atoms with Gasteiger partial charge >= 0.3 is 0 Å². The van der Waals surface area contributed by atoms with Crippen molar-refractivity contribution in [3.05, 3.63) is 0 Å². The van der Waals surface area contributed by atoms with Gasteiger partial charge in [-0.15, -0.1) is 0 Å². The second kappa shape index (κ2) is 5.79. The molecule has 110 valence electrons. The van der Waals surface area contributed by atoms with Crippen molar-refractivity contribution in [2.45, 2.75) is 32.2 Å². The first kappa shape index (κ1) is 14.8. The van der Waals surface area contributed by atoms with Crippen LogP contribution in [0.25, 0.3) is 0 Å². The molecule has 0 radical (unpaired) electrons. The number of nitrogens with one attached hydrogen (secondary N) is 1. The van der Waals surface area contributed by atoms with Crippen molar-refractivity contribution >= 4 is 15.7 Å². The summed E-state index contributed by atoms with van der Waals surface area (Å²) < 4.78 is 23.0. The molecule has 0 aromatic carbocycles. The molecule has 2 rings (SSSR count). The van der Waals surface area contributed by atoms with Crippen molar-refractivity contribution in [1.29, 1.82) is 0 Å². The quantitative estimate of drug-likeness (QED) is 0.809. The molecule has 2 aliphatic rings. The first-order valence-corrected chi connectivity index (χ1v) is 8.90. The molecule has 3 unspecified atom stereocenters. The van der Waals surface area contributed by atoms with Crippen LogP contribution in [0.2, 0.25) is 0 Å². The number of nitrogens with zero attached hydrogens (tertiary/aromatic N) is 1. The summed E-state index contributed by atoms with van der Waals surface area (Å²) in [6, 6.07) is -0.108. The third kappa shape index (κ3) is 3.69. The number of hydrogen-bond acceptors (Lipinski definition) is 4. The van der Waals surface area contributed by atoms with Gasteiger partial charge in [-0.25, -0.2) is 8.42 Å². The van der Waals surface area contributed by atoms with Crippen molar-refractivity contribution < 1.29 is 13.2 Å².